The first-order valence-corrected chi connectivity index (χ1v) is 13.2. The molecule has 192 valence electrons. The van der Waals surface area contributed by atoms with Crippen LogP contribution in [0.25, 0.3) is 21.8 Å². The number of nitrogens with zero attached hydrogens (tertiary/aromatic N) is 3. The van der Waals surface area contributed by atoms with Gasteiger partial charge in [0.15, 0.2) is 5.82 Å². The van der Waals surface area contributed by atoms with Crippen LogP contribution >= 0.6 is 11.3 Å². The lowest BCUT2D eigenvalue weighted by Crippen LogP contribution is -2.34. The summed E-state index contributed by atoms with van der Waals surface area (Å²) in [7, 11) is -4.65. The Bertz CT molecular complexity index is 1580. The molecule has 9 nitrogen and oxygen atoms in total. The topological polar surface area (TPSA) is 132 Å². The molecule has 1 fully saturated rings. The number of nitrogen functional groups attached to an aromatic ring is 1. The molecule has 0 aliphatic carbocycles. The van der Waals surface area contributed by atoms with Crippen LogP contribution in [0.5, 0.6) is 0 Å². The first-order chi connectivity index (χ1) is 17.7. The fourth-order valence-electron chi connectivity index (χ4n) is 3.74. The second-order valence-corrected chi connectivity index (χ2v) is 10.6. The lowest BCUT2D eigenvalue weighted by atomic mass is 10.1. The molecule has 2 aromatic carbocycles. The van der Waals surface area contributed by atoms with Gasteiger partial charge in [-0.05, 0) is 36.4 Å². The van der Waals surface area contributed by atoms with Crippen LogP contribution < -0.4 is 15.8 Å². The number of nitrogens with two attached hydrogens (primary N) is 1. The SMILES string of the molecule is Nc1nccc(-c2sc(C3COCCN3)nc2-c2cccc(NS(=O)(=O)c3cc(F)ccc3F)c2F)n1. The van der Waals surface area contributed by atoms with Crippen LogP contribution in [0.4, 0.5) is 24.8 Å². The van der Waals surface area contributed by atoms with Gasteiger partial charge in [-0.1, -0.05) is 6.07 Å². The summed E-state index contributed by atoms with van der Waals surface area (Å²) in [6, 6.07) is 7.33. The molecule has 0 radical (unpaired) electrons. The van der Waals surface area contributed by atoms with Gasteiger partial charge in [0.05, 0.1) is 41.2 Å². The van der Waals surface area contributed by atoms with Crippen molar-refractivity contribution in [2.75, 3.05) is 30.2 Å². The van der Waals surface area contributed by atoms with Crippen LogP contribution in [0, 0.1) is 17.5 Å². The Balaban J connectivity index is 1.59. The van der Waals surface area contributed by atoms with Crippen molar-refractivity contribution in [3.63, 3.8) is 0 Å². The summed E-state index contributed by atoms with van der Waals surface area (Å²) < 4.78 is 76.6. The van der Waals surface area contributed by atoms with Crippen LogP contribution in [-0.2, 0) is 14.8 Å². The molecular formula is C23H19F3N6O3S2. The third kappa shape index (κ3) is 5.13. The van der Waals surface area contributed by atoms with Crippen molar-refractivity contribution in [2.45, 2.75) is 10.9 Å². The zero-order valence-electron chi connectivity index (χ0n) is 18.9. The summed E-state index contributed by atoms with van der Waals surface area (Å²) in [4.78, 5) is 12.3. The summed E-state index contributed by atoms with van der Waals surface area (Å²) in [5, 5.41) is 3.89. The Morgan fingerprint density at radius 3 is 2.73 bits per heavy atom. The van der Waals surface area contributed by atoms with E-state index in [4.69, 9.17) is 10.5 Å². The molecular weight excluding hydrogens is 529 g/mol. The quantitative estimate of drug-likeness (QED) is 0.332. The minimum absolute atomic E-state index is 0.0108. The number of sulfonamides is 1. The van der Waals surface area contributed by atoms with Crippen LogP contribution in [0.15, 0.2) is 53.6 Å². The molecule has 0 spiro atoms. The van der Waals surface area contributed by atoms with Gasteiger partial charge in [-0.3, -0.25) is 4.72 Å². The summed E-state index contributed by atoms with van der Waals surface area (Å²) in [6.45, 7) is 1.52. The Hall–Kier alpha value is -3.59. The number of ether oxygens (including phenoxy) is 1. The molecule has 4 N–H and O–H groups in total. The summed E-state index contributed by atoms with van der Waals surface area (Å²) in [5.41, 5.74) is 5.85. The third-order valence-electron chi connectivity index (χ3n) is 5.45. The summed E-state index contributed by atoms with van der Waals surface area (Å²) in [5.74, 6) is -3.09. The fourth-order valence-corrected chi connectivity index (χ4v) is 6.00. The average molecular weight is 549 g/mol. The van der Waals surface area contributed by atoms with Crippen molar-refractivity contribution in [3.8, 4) is 21.8 Å². The molecule has 0 saturated carbocycles. The Labute approximate surface area is 213 Å². The molecule has 1 aliphatic rings. The van der Waals surface area contributed by atoms with Crippen molar-refractivity contribution in [2.24, 2.45) is 0 Å². The summed E-state index contributed by atoms with van der Waals surface area (Å²) >= 11 is 1.25. The van der Waals surface area contributed by atoms with E-state index in [9.17, 15) is 17.2 Å². The van der Waals surface area contributed by atoms with E-state index in [1.54, 1.807) is 6.07 Å². The van der Waals surface area contributed by atoms with E-state index in [2.05, 4.69) is 20.3 Å². The second kappa shape index (κ2) is 10.0. The number of thiazole rings is 1. The molecule has 5 rings (SSSR count). The summed E-state index contributed by atoms with van der Waals surface area (Å²) in [6.07, 6.45) is 1.46. The minimum atomic E-state index is -4.65. The molecule has 1 unspecified atom stereocenters. The number of anilines is 2. The molecule has 4 aromatic rings. The number of morpholine rings is 1. The first kappa shape index (κ1) is 25.1. The molecule has 1 atom stereocenters. The Morgan fingerprint density at radius 1 is 1.14 bits per heavy atom. The third-order valence-corrected chi connectivity index (χ3v) is 8.02. The highest BCUT2D eigenvalue weighted by molar-refractivity contribution is 7.92. The van der Waals surface area contributed by atoms with Gasteiger partial charge in [0.2, 0.25) is 5.95 Å². The molecule has 2 aromatic heterocycles. The number of nitrogens with one attached hydrogen (secondary N) is 2. The van der Waals surface area contributed by atoms with E-state index in [1.807, 2.05) is 4.72 Å². The van der Waals surface area contributed by atoms with Crippen LogP contribution in [0.1, 0.15) is 11.0 Å². The molecule has 3 heterocycles. The highest BCUT2D eigenvalue weighted by Gasteiger charge is 2.27. The highest BCUT2D eigenvalue weighted by Crippen LogP contribution is 2.40. The van der Waals surface area contributed by atoms with E-state index in [0.29, 0.717) is 47.5 Å². The predicted octanol–water partition coefficient (Wildman–Crippen LogP) is 3.73. The molecule has 0 bridgehead atoms. The number of hydrogen-bond donors (Lipinski definition) is 3. The number of benzene rings is 2. The number of halogens is 3. The zero-order valence-corrected chi connectivity index (χ0v) is 20.5. The molecule has 37 heavy (non-hydrogen) atoms. The normalized spacial score (nSPS) is 16.0. The molecule has 1 saturated heterocycles. The van der Waals surface area contributed by atoms with Gasteiger partial charge in [-0.2, -0.15) is 0 Å². The lowest BCUT2D eigenvalue weighted by molar-refractivity contribution is 0.0768. The van der Waals surface area contributed by atoms with Crippen molar-refractivity contribution in [3.05, 3.63) is 71.1 Å². The van der Waals surface area contributed by atoms with Gasteiger partial charge in [-0.15, -0.1) is 11.3 Å². The predicted molar refractivity (Wildman–Crippen MR) is 132 cm³/mol. The van der Waals surface area contributed by atoms with Gasteiger partial charge < -0.3 is 15.8 Å². The maximum absolute atomic E-state index is 15.8. The average Bonchev–Trinajstić information content (AvgIpc) is 3.32. The van der Waals surface area contributed by atoms with Crippen LogP contribution in [0.2, 0.25) is 0 Å². The smallest absolute Gasteiger partial charge is 0.265 e. The zero-order chi connectivity index (χ0) is 26.2. The minimum Gasteiger partial charge on any atom is -0.378 e. The molecule has 1 aliphatic heterocycles. The lowest BCUT2D eigenvalue weighted by Gasteiger charge is -2.21. The highest BCUT2D eigenvalue weighted by atomic mass is 32.2. The van der Waals surface area contributed by atoms with Crippen LogP contribution in [-0.4, -0.2) is 43.1 Å². The fraction of sp³-hybridized carbons (Fsp3) is 0.174. The van der Waals surface area contributed by atoms with E-state index in [0.717, 1.165) is 6.07 Å². The van der Waals surface area contributed by atoms with Gasteiger partial charge in [0, 0.05) is 18.3 Å². The van der Waals surface area contributed by atoms with Crippen molar-refractivity contribution < 1.29 is 26.3 Å². The van der Waals surface area contributed by atoms with Gasteiger partial charge in [0.25, 0.3) is 10.0 Å². The van der Waals surface area contributed by atoms with E-state index in [-0.39, 0.29) is 23.2 Å². The van der Waals surface area contributed by atoms with Crippen molar-refractivity contribution in [1.29, 1.82) is 0 Å². The van der Waals surface area contributed by atoms with Gasteiger partial charge in [0.1, 0.15) is 21.5 Å². The number of rotatable bonds is 6. The standard InChI is InChI=1S/C23H19F3N6O3S2/c24-12-4-5-14(25)18(10-12)37(33,34)32-15-3-1-2-13(19(15)26)20-21(16-6-7-29-23(27)30-16)36-22(31-20)17-11-35-9-8-28-17/h1-7,10,17,28,32H,8-9,11H2,(H2,27,29,30). The largest absolute Gasteiger partial charge is 0.378 e. The van der Waals surface area contributed by atoms with E-state index >= 15 is 4.39 Å². The number of hydrogen-bond acceptors (Lipinski definition) is 9. The van der Waals surface area contributed by atoms with Crippen molar-refractivity contribution >= 4 is 33.0 Å². The van der Waals surface area contributed by atoms with Gasteiger partial charge >= 0.3 is 0 Å². The van der Waals surface area contributed by atoms with Gasteiger partial charge in [-0.25, -0.2) is 36.5 Å². The monoisotopic (exact) mass is 548 g/mol. The van der Waals surface area contributed by atoms with Crippen LogP contribution in [0.3, 0.4) is 0 Å². The molecule has 0 amide bonds. The van der Waals surface area contributed by atoms with E-state index in [1.165, 1.54) is 35.7 Å². The number of aromatic nitrogens is 3. The Kier molecular flexibility index (Phi) is 6.81. The first-order valence-electron chi connectivity index (χ1n) is 10.9. The molecule has 14 heteroatoms. The second-order valence-electron chi connectivity index (χ2n) is 7.96. The Morgan fingerprint density at radius 2 is 1.97 bits per heavy atom. The maximum Gasteiger partial charge on any atom is 0.265 e. The maximum atomic E-state index is 15.8. The van der Waals surface area contributed by atoms with E-state index < -0.39 is 38.1 Å². The van der Waals surface area contributed by atoms with Crippen molar-refractivity contribution in [1.82, 2.24) is 20.3 Å².